The van der Waals surface area contributed by atoms with Crippen LogP contribution in [0.2, 0.25) is 0 Å². The van der Waals surface area contributed by atoms with Gasteiger partial charge in [0.05, 0.1) is 4.90 Å². The standard InChI is InChI=1S/C15H20N2O6S/c1-11(18)12-4-6-13(7-5-12)24(22,23)17-10-8-14(19)16-9-2-3-15(20)21/h4-7,17H,2-3,8-10H2,1H3,(H,16,19)(H,20,21). The van der Waals surface area contributed by atoms with Crippen LogP contribution >= 0.6 is 0 Å². The summed E-state index contributed by atoms with van der Waals surface area (Å²) in [6.45, 7) is 1.53. The van der Waals surface area contributed by atoms with Gasteiger partial charge in [-0.3, -0.25) is 14.4 Å². The zero-order chi connectivity index (χ0) is 18.2. The summed E-state index contributed by atoms with van der Waals surface area (Å²) >= 11 is 0. The highest BCUT2D eigenvalue weighted by Crippen LogP contribution is 2.10. The molecule has 0 saturated heterocycles. The first-order valence-electron chi connectivity index (χ1n) is 7.31. The van der Waals surface area contributed by atoms with Crippen LogP contribution in [0.15, 0.2) is 29.2 Å². The van der Waals surface area contributed by atoms with Gasteiger partial charge in [0, 0.05) is 31.5 Å². The molecule has 0 aliphatic rings. The number of ketones is 1. The van der Waals surface area contributed by atoms with E-state index in [-0.39, 0.29) is 42.5 Å². The molecule has 0 aromatic heterocycles. The highest BCUT2D eigenvalue weighted by molar-refractivity contribution is 7.89. The van der Waals surface area contributed by atoms with E-state index in [9.17, 15) is 22.8 Å². The molecule has 1 amide bonds. The number of hydrogen-bond acceptors (Lipinski definition) is 5. The zero-order valence-electron chi connectivity index (χ0n) is 13.2. The van der Waals surface area contributed by atoms with Crippen LogP contribution in [0.5, 0.6) is 0 Å². The van der Waals surface area contributed by atoms with Crippen LogP contribution in [0.25, 0.3) is 0 Å². The molecule has 0 bridgehead atoms. The molecule has 0 radical (unpaired) electrons. The van der Waals surface area contributed by atoms with Crippen molar-refractivity contribution in [1.82, 2.24) is 10.0 Å². The van der Waals surface area contributed by atoms with E-state index in [2.05, 4.69) is 10.0 Å². The molecule has 1 aromatic carbocycles. The summed E-state index contributed by atoms with van der Waals surface area (Å²) < 4.78 is 26.4. The fourth-order valence-corrected chi connectivity index (χ4v) is 2.84. The van der Waals surface area contributed by atoms with E-state index in [0.717, 1.165) is 0 Å². The Bertz CT molecular complexity index is 697. The van der Waals surface area contributed by atoms with Gasteiger partial charge in [0.1, 0.15) is 0 Å². The maximum Gasteiger partial charge on any atom is 0.303 e. The van der Waals surface area contributed by atoms with E-state index < -0.39 is 16.0 Å². The van der Waals surface area contributed by atoms with Gasteiger partial charge in [0.15, 0.2) is 5.78 Å². The number of carbonyl (C=O) groups excluding carboxylic acids is 2. The maximum absolute atomic E-state index is 12.0. The van der Waals surface area contributed by atoms with E-state index in [0.29, 0.717) is 12.0 Å². The summed E-state index contributed by atoms with van der Waals surface area (Å²) in [6, 6.07) is 5.49. The molecule has 8 nitrogen and oxygen atoms in total. The molecule has 132 valence electrons. The summed E-state index contributed by atoms with van der Waals surface area (Å²) in [5.41, 5.74) is 0.412. The summed E-state index contributed by atoms with van der Waals surface area (Å²) in [6.07, 6.45) is 0.219. The minimum Gasteiger partial charge on any atom is -0.481 e. The number of amides is 1. The van der Waals surface area contributed by atoms with Gasteiger partial charge >= 0.3 is 5.97 Å². The summed E-state index contributed by atoms with van der Waals surface area (Å²) in [5.74, 6) is -1.46. The smallest absolute Gasteiger partial charge is 0.303 e. The lowest BCUT2D eigenvalue weighted by atomic mass is 10.2. The van der Waals surface area contributed by atoms with Crippen molar-refractivity contribution in [2.75, 3.05) is 13.1 Å². The van der Waals surface area contributed by atoms with Crippen LogP contribution in [0, 0.1) is 0 Å². The molecule has 24 heavy (non-hydrogen) atoms. The number of Topliss-reactive ketones (excluding diaryl/α,β-unsaturated/α-hetero) is 1. The third-order valence-corrected chi connectivity index (χ3v) is 4.58. The first-order chi connectivity index (χ1) is 11.2. The molecule has 0 spiro atoms. The predicted molar refractivity (Wildman–Crippen MR) is 86.1 cm³/mol. The van der Waals surface area contributed by atoms with Crippen molar-refractivity contribution in [3.8, 4) is 0 Å². The first-order valence-corrected chi connectivity index (χ1v) is 8.80. The van der Waals surface area contributed by atoms with Crippen LogP contribution in [0.4, 0.5) is 0 Å². The maximum atomic E-state index is 12.0. The van der Waals surface area contributed by atoms with Crippen molar-refractivity contribution in [2.24, 2.45) is 0 Å². The van der Waals surface area contributed by atoms with Gasteiger partial charge in [0.2, 0.25) is 15.9 Å². The van der Waals surface area contributed by atoms with Gasteiger partial charge in [-0.1, -0.05) is 12.1 Å². The second-order valence-corrected chi connectivity index (χ2v) is 6.84. The highest BCUT2D eigenvalue weighted by atomic mass is 32.2. The average molecular weight is 356 g/mol. The SMILES string of the molecule is CC(=O)c1ccc(S(=O)(=O)NCCC(=O)NCCCC(=O)O)cc1. The Morgan fingerprint density at radius 1 is 1.04 bits per heavy atom. The molecule has 3 N–H and O–H groups in total. The molecular formula is C15H20N2O6S. The topological polar surface area (TPSA) is 130 Å². The van der Waals surface area contributed by atoms with Gasteiger partial charge in [-0.05, 0) is 25.5 Å². The largest absolute Gasteiger partial charge is 0.481 e. The summed E-state index contributed by atoms with van der Waals surface area (Å²) in [7, 11) is -3.75. The fraction of sp³-hybridized carbons (Fsp3) is 0.400. The number of benzene rings is 1. The number of nitrogens with one attached hydrogen (secondary N) is 2. The Balaban J connectivity index is 2.41. The van der Waals surface area contributed by atoms with Crippen LogP contribution in [-0.2, 0) is 19.6 Å². The van der Waals surface area contributed by atoms with Crippen molar-refractivity contribution in [1.29, 1.82) is 0 Å². The Morgan fingerprint density at radius 2 is 1.67 bits per heavy atom. The average Bonchev–Trinajstić information content (AvgIpc) is 2.51. The van der Waals surface area contributed by atoms with Crippen molar-refractivity contribution in [2.45, 2.75) is 31.1 Å². The van der Waals surface area contributed by atoms with Gasteiger partial charge < -0.3 is 10.4 Å². The third-order valence-electron chi connectivity index (χ3n) is 3.10. The molecule has 1 rings (SSSR count). The lowest BCUT2D eigenvalue weighted by molar-refractivity contribution is -0.137. The van der Waals surface area contributed by atoms with Gasteiger partial charge in [-0.15, -0.1) is 0 Å². The van der Waals surface area contributed by atoms with E-state index in [1.807, 2.05) is 0 Å². The Labute approximate surface area is 140 Å². The number of carboxylic acids is 1. The van der Waals surface area contributed by atoms with E-state index >= 15 is 0 Å². The molecule has 0 aliphatic carbocycles. The molecule has 0 saturated carbocycles. The lowest BCUT2D eigenvalue weighted by Gasteiger charge is -2.08. The van der Waals surface area contributed by atoms with Crippen LogP contribution in [0.1, 0.15) is 36.5 Å². The number of rotatable bonds is 10. The molecule has 0 atom stereocenters. The summed E-state index contributed by atoms with van der Waals surface area (Å²) in [4.78, 5) is 33.0. The van der Waals surface area contributed by atoms with E-state index in [1.54, 1.807) is 0 Å². The van der Waals surface area contributed by atoms with Gasteiger partial charge in [-0.25, -0.2) is 13.1 Å². The van der Waals surface area contributed by atoms with Gasteiger partial charge in [0.25, 0.3) is 0 Å². The number of carboxylic acid groups (broad SMARTS) is 1. The Morgan fingerprint density at radius 3 is 2.21 bits per heavy atom. The third kappa shape index (κ3) is 6.88. The molecule has 9 heteroatoms. The van der Waals surface area contributed by atoms with E-state index in [1.165, 1.54) is 31.2 Å². The lowest BCUT2D eigenvalue weighted by Crippen LogP contribution is -2.31. The molecular weight excluding hydrogens is 336 g/mol. The second-order valence-electron chi connectivity index (χ2n) is 5.08. The monoisotopic (exact) mass is 356 g/mol. The number of sulfonamides is 1. The van der Waals surface area contributed by atoms with Crippen LogP contribution < -0.4 is 10.0 Å². The number of hydrogen-bond donors (Lipinski definition) is 3. The van der Waals surface area contributed by atoms with Crippen molar-refractivity contribution < 1.29 is 27.9 Å². The van der Waals surface area contributed by atoms with Crippen LogP contribution in [0.3, 0.4) is 0 Å². The molecule has 0 aliphatic heterocycles. The minimum absolute atomic E-state index is 0.00867. The quantitative estimate of drug-likeness (QED) is 0.414. The molecule has 1 aromatic rings. The van der Waals surface area contributed by atoms with E-state index in [4.69, 9.17) is 5.11 Å². The fourth-order valence-electron chi connectivity index (χ4n) is 1.81. The Kier molecular flexibility index (Phi) is 7.53. The van der Waals surface area contributed by atoms with Crippen LogP contribution in [-0.4, -0.2) is 44.3 Å². The van der Waals surface area contributed by atoms with Crippen molar-refractivity contribution >= 4 is 27.7 Å². The molecule has 0 fully saturated rings. The number of carbonyl (C=O) groups is 3. The second kappa shape index (κ2) is 9.14. The van der Waals surface area contributed by atoms with Crippen molar-refractivity contribution in [3.63, 3.8) is 0 Å². The normalized spacial score (nSPS) is 11.0. The minimum atomic E-state index is -3.75. The highest BCUT2D eigenvalue weighted by Gasteiger charge is 2.14. The number of aliphatic carboxylic acids is 1. The Hall–Kier alpha value is -2.26. The van der Waals surface area contributed by atoms with Crippen molar-refractivity contribution in [3.05, 3.63) is 29.8 Å². The predicted octanol–water partition coefficient (Wildman–Crippen LogP) is 0.539. The first kappa shape index (κ1) is 19.8. The molecule has 0 unspecified atom stereocenters. The summed E-state index contributed by atoms with van der Waals surface area (Å²) in [5, 5.41) is 11.0. The zero-order valence-corrected chi connectivity index (χ0v) is 14.1. The van der Waals surface area contributed by atoms with Gasteiger partial charge in [-0.2, -0.15) is 0 Å². The molecule has 0 heterocycles.